The monoisotopic (exact) mass is 564 g/mol. The molecular weight excluding hydrogens is 552 g/mol. The Hall–Kier alpha value is -4.50. The highest BCUT2D eigenvalue weighted by Crippen LogP contribution is 2.33. The van der Waals surface area contributed by atoms with E-state index < -0.39 is 23.7 Å². The smallest absolute Gasteiger partial charge is 0.365 e. The number of pyridine rings is 1. The van der Waals surface area contributed by atoms with Gasteiger partial charge in [0.05, 0.1) is 44.9 Å². The van der Waals surface area contributed by atoms with E-state index in [4.69, 9.17) is 28.9 Å². The molecule has 38 heavy (non-hydrogen) atoms. The van der Waals surface area contributed by atoms with Gasteiger partial charge in [0.2, 0.25) is 0 Å². The van der Waals surface area contributed by atoms with Crippen molar-refractivity contribution >= 4 is 51.6 Å². The molecule has 1 aromatic carbocycles. The molecule has 0 fully saturated rings. The number of alkyl halides is 3. The van der Waals surface area contributed by atoms with Crippen LogP contribution in [0, 0.1) is 0 Å². The van der Waals surface area contributed by atoms with Crippen LogP contribution in [-0.4, -0.2) is 51.8 Å². The minimum absolute atomic E-state index is 0.00336. The van der Waals surface area contributed by atoms with Gasteiger partial charge >= 0.3 is 6.18 Å². The Morgan fingerprint density at radius 2 is 1.92 bits per heavy atom. The van der Waals surface area contributed by atoms with Gasteiger partial charge < -0.3 is 11.1 Å². The minimum Gasteiger partial charge on any atom is -0.365 e. The van der Waals surface area contributed by atoms with Gasteiger partial charge in [-0.05, 0) is 24.3 Å². The van der Waals surface area contributed by atoms with Gasteiger partial charge in [0.15, 0.2) is 11.5 Å². The van der Waals surface area contributed by atoms with Crippen LogP contribution in [0.2, 0.25) is 10.0 Å². The van der Waals surface area contributed by atoms with E-state index in [1.54, 1.807) is 6.07 Å². The van der Waals surface area contributed by atoms with E-state index in [1.165, 1.54) is 30.6 Å². The summed E-state index contributed by atoms with van der Waals surface area (Å²) in [6.07, 6.45) is -1.28. The third-order valence-corrected chi connectivity index (χ3v) is 5.83. The van der Waals surface area contributed by atoms with E-state index in [2.05, 4.69) is 35.8 Å². The van der Waals surface area contributed by atoms with Gasteiger partial charge in [-0.2, -0.15) is 33.3 Å². The molecule has 4 aromatic heterocycles. The summed E-state index contributed by atoms with van der Waals surface area (Å²) in [4.78, 5) is 30.6. The maximum Gasteiger partial charge on any atom is 0.436 e. The Morgan fingerprint density at radius 1 is 1.13 bits per heavy atom. The van der Waals surface area contributed by atoms with Crippen molar-refractivity contribution in [3.8, 4) is 5.82 Å². The quantitative estimate of drug-likeness (QED) is 0.284. The Kier molecular flexibility index (Phi) is 6.24. The molecule has 0 unspecified atom stereocenters. The van der Waals surface area contributed by atoms with Crippen molar-refractivity contribution in [1.29, 1.82) is 0 Å². The summed E-state index contributed by atoms with van der Waals surface area (Å²) in [5, 5.41) is 20.9. The number of aromatic amines is 1. The van der Waals surface area contributed by atoms with Crippen molar-refractivity contribution in [3.05, 3.63) is 75.5 Å². The number of amides is 2. The first-order valence-electron chi connectivity index (χ1n) is 10.5. The normalized spacial score (nSPS) is 11.7. The second-order valence-corrected chi connectivity index (χ2v) is 8.57. The molecule has 0 bridgehead atoms. The van der Waals surface area contributed by atoms with E-state index in [-0.39, 0.29) is 50.6 Å². The number of halogens is 5. The third kappa shape index (κ3) is 4.64. The van der Waals surface area contributed by atoms with Gasteiger partial charge in [-0.1, -0.05) is 23.2 Å². The molecule has 17 heteroatoms. The molecule has 0 atom stereocenters. The van der Waals surface area contributed by atoms with Gasteiger partial charge in [-0.25, -0.2) is 9.67 Å². The Morgan fingerprint density at radius 3 is 2.61 bits per heavy atom. The highest BCUT2D eigenvalue weighted by Gasteiger charge is 2.34. The van der Waals surface area contributed by atoms with Crippen molar-refractivity contribution in [2.24, 2.45) is 5.73 Å². The Balaban J connectivity index is 1.56. The number of nitrogens with two attached hydrogens (primary N) is 1. The van der Waals surface area contributed by atoms with Crippen LogP contribution in [0.1, 0.15) is 32.2 Å². The van der Waals surface area contributed by atoms with E-state index in [9.17, 15) is 22.8 Å². The molecule has 0 saturated heterocycles. The zero-order valence-corrected chi connectivity index (χ0v) is 20.2. The van der Waals surface area contributed by atoms with Crippen molar-refractivity contribution < 1.29 is 22.8 Å². The van der Waals surface area contributed by atoms with Crippen LogP contribution in [0.3, 0.4) is 0 Å². The number of hydrogen-bond acceptors (Lipinski definition) is 7. The average molecular weight is 565 g/mol. The van der Waals surface area contributed by atoms with Crippen LogP contribution in [0.25, 0.3) is 16.7 Å². The number of nitrogens with zero attached hydrogens (tertiary/aromatic N) is 7. The molecule has 4 N–H and O–H groups in total. The minimum atomic E-state index is -4.68. The van der Waals surface area contributed by atoms with E-state index in [0.29, 0.717) is 11.6 Å². The second kappa shape index (κ2) is 9.42. The topological polar surface area (TPSA) is 162 Å². The number of aromatic nitrogens is 8. The summed E-state index contributed by atoms with van der Waals surface area (Å²) in [6, 6.07) is 5.82. The molecule has 0 aliphatic carbocycles. The van der Waals surface area contributed by atoms with Gasteiger partial charge in [-0.3, -0.25) is 14.7 Å². The lowest BCUT2D eigenvalue weighted by molar-refractivity contribution is -0.141. The molecule has 0 aliphatic rings. The van der Waals surface area contributed by atoms with Crippen LogP contribution in [0.15, 0.2) is 42.9 Å². The Labute approximate surface area is 219 Å². The van der Waals surface area contributed by atoms with E-state index in [0.717, 1.165) is 9.48 Å². The lowest BCUT2D eigenvalue weighted by Crippen LogP contribution is -2.21. The van der Waals surface area contributed by atoms with Gasteiger partial charge in [0.25, 0.3) is 11.8 Å². The summed E-state index contributed by atoms with van der Waals surface area (Å²) in [6.45, 7) is -0.318. The summed E-state index contributed by atoms with van der Waals surface area (Å²) < 4.78 is 39.9. The molecule has 0 saturated carbocycles. The number of rotatable bonds is 6. The van der Waals surface area contributed by atoms with E-state index in [1.807, 2.05) is 0 Å². The predicted molar refractivity (Wildman–Crippen MR) is 128 cm³/mol. The highest BCUT2D eigenvalue weighted by atomic mass is 35.5. The number of nitrogens with one attached hydrogen (secondary N) is 2. The highest BCUT2D eigenvalue weighted by molar-refractivity contribution is 6.36. The molecule has 194 valence electrons. The summed E-state index contributed by atoms with van der Waals surface area (Å²) in [7, 11) is 0. The third-order valence-electron chi connectivity index (χ3n) is 5.24. The standard InChI is InChI=1S/C21H13Cl2F3N10O2/c22-11-2-1-3-28-19(11)36-13(5-10(33-36)8-35-30-7-14(34-35)21(24,25)26)20(38)31-17-12(23)4-9-6-29-32-16(9)15(17)18(27)37/h1-7H,8H2,(H2,27,37)(H,29,32)(H,31,38). The van der Waals surface area contributed by atoms with Gasteiger partial charge in [0.1, 0.15) is 12.2 Å². The lowest BCUT2D eigenvalue weighted by Gasteiger charge is -2.13. The Bertz CT molecular complexity index is 1710. The molecule has 4 heterocycles. The summed E-state index contributed by atoms with van der Waals surface area (Å²) in [5.74, 6) is -1.64. The number of carbonyl (C=O) groups excluding carboxylic acids is 2. The number of carbonyl (C=O) groups is 2. The number of anilines is 1. The first kappa shape index (κ1) is 25.2. The van der Waals surface area contributed by atoms with Gasteiger partial charge in [0, 0.05) is 11.6 Å². The molecule has 0 spiro atoms. The number of fused-ring (bicyclic) bond motifs is 1. The molecular formula is C21H13Cl2F3N10O2. The van der Waals surface area contributed by atoms with Crippen LogP contribution < -0.4 is 11.1 Å². The maximum absolute atomic E-state index is 13.5. The number of primary amides is 1. The van der Waals surface area contributed by atoms with Crippen LogP contribution in [-0.2, 0) is 12.7 Å². The molecule has 5 rings (SSSR count). The summed E-state index contributed by atoms with van der Waals surface area (Å²) >= 11 is 12.6. The van der Waals surface area contributed by atoms with Gasteiger partial charge in [-0.15, -0.1) is 5.10 Å². The lowest BCUT2D eigenvalue weighted by atomic mass is 10.1. The van der Waals surface area contributed by atoms with Crippen molar-refractivity contribution in [1.82, 2.24) is 40.0 Å². The first-order valence-corrected chi connectivity index (χ1v) is 11.2. The molecule has 12 nitrogen and oxygen atoms in total. The van der Waals surface area contributed by atoms with E-state index >= 15 is 0 Å². The van der Waals surface area contributed by atoms with Crippen molar-refractivity contribution in [2.75, 3.05) is 5.32 Å². The number of hydrogen-bond donors (Lipinski definition) is 3. The van der Waals surface area contributed by atoms with Crippen LogP contribution in [0.5, 0.6) is 0 Å². The fourth-order valence-electron chi connectivity index (χ4n) is 3.62. The molecule has 0 aliphatic heterocycles. The predicted octanol–water partition coefficient (Wildman–Crippen LogP) is 3.46. The fraction of sp³-hybridized carbons (Fsp3) is 0.0952. The molecule has 2 amide bonds. The summed E-state index contributed by atoms with van der Waals surface area (Å²) in [5.41, 5.74) is 4.38. The fourth-order valence-corrected chi connectivity index (χ4v) is 4.08. The number of H-pyrrole nitrogens is 1. The average Bonchev–Trinajstić information content (AvgIpc) is 3.59. The second-order valence-electron chi connectivity index (χ2n) is 7.76. The maximum atomic E-state index is 13.5. The van der Waals surface area contributed by atoms with Crippen molar-refractivity contribution in [3.63, 3.8) is 0 Å². The largest absolute Gasteiger partial charge is 0.436 e. The first-order chi connectivity index (χ1) is 18.0. The number of benzene rings is 1. The zero-order chi connectivity index (χ0) is 27.2. The SMILES string of the molecule is NC(=O)c1c(NC(=O)c2cc(Cn3ncc(C(F)(F)F)n3)nn2-c2ncccc2Cl)c(Cl)cc2cn[nH]c12. The van der Waals surface area contributed by atoms with Crippen LogP contribution in [0.4, 0.5) is 18.9 Å². The van der Waals surface area contributed by atoms with Crippen molar-refractivity contribution in [2.45, 2.75) is 12.7 Å². The van der Waals surface area contributed by atoms with Crippen LogP contribution >= 0.6 is 23.2 Å². The molecule has 0 radical (unpaired) electrons. The molecule has 5 aromatic rings. The zero-order valence-electron chi connectivity index (χ0n) is 18.7.